The molecule has 26 heavy (non-hydrogen) atoms. The van der Waals surface area contributed by atoms with Crippen LogP contribution in [0.15, 0.2) is 24.3 Å². The van der Waals surface area contributed by atoms with Gasteiger partial charge in [0.05, 0.1) is 6.10 Å². The molecule has 1 heterocycles. The van der Waals surface area contributed by atoms with Crippen molar-refractivity contribution in [3.05, 3.63) is 29.8 Å². The monoisotopic (exact) mass is 358 g/mol. The Hall–Kier alpha value is -1.35. The normalized spacial score (nSPS) is 27.9. The number of benzene rings is 1. The highest BCUT2D eigenvalue weighted by Gasteiger charge is 2.45. The van der Waals surface area contributed by atoms with Gasteiger partial charge in [-0.05, 0) is 61.6 Å². The van der Waals surface area contributed by atoms with E-state index in [1.54, 1.807) is 0 Å². The lowest BCUT2D eigenvalue weighted by molar-refractivity contribution is -0.135. The van der Waals surface area contributed by atoms with Gasteiger partial charge in [0.2, 0.25) is 0 Å². The van der Waals surface area contributed by atoms with E-state index in [4.69, 9.17) is 9.47 Å². The summed E-state index contributed by atoms with van der Waals surface area (Å²) >= 11 is 0. The van der Waals surface area contributed by atoms with Crippen LogP contribution in [0.25, 0.3) is 0 Å². The molecule has 0 spiro atoms. The maximum atomic E-state index is 12.0. The summed E-state index contributed by atoms with van der Waals surface area (Å²) in [5.41, 5.74) is 1.39. The fourth-order valence-corrected chi connectivity index (χ4v) is 4.30. The smallest absolute Gasteiger partial charge is 0.343 e. The van der Waals surface area contributed by atoms with E-state index in [0.717, 1.165) is 18.8 Å². The molecule has 3 heteroatoms. The van der Waals surface area contributed by atoms with Crippen LogP contribution in [0.2, 0.25) is 0 Å². The summed E-state index contributed by atoms with van der Waals surface area (Å²) < 4.78 is 10.8. The Labute approximate surface area is 158 Å². The molecule has 1 aromatic rings. The van der Waals surface area contributed by atoms with Gasteiger partial charge >= 0.3 is 5.97 Å². The van der Waals surface area contributed by atoms with Crippen LogP contribution in [0.4, 0.5) is 0 Å². The highest BCUT2D eigenvalue weighted by Crippen LogP contribution is 2.38. The second-order valence-electron chi connectivity index (χ2n) is 8.09. The minimum Gasteiger partial charge on any atom is -0.425 e. The number of epoxide rings is 1. The zero-order chi connectivity index (χ0) is 18.4. The van der Waals surface area contributed by atoms with Gasteiger partial charge in [0, 0.05) is 0 Å². The quantitative estimate of drug-likeness (QED) is 0.235. The van der Waals surface area contributed by atoms with Crippen molar-refractivity contribution in [1.82, 2.24) is 0 Å². The van der Waals surface area contributed by atoms with E-state index in [-0.39, 0.29) is 18.2 Å². The molecule has 1 saturated heterocycles. The summed E-state index contributed by atoms with van der Waals surface area (Å²) in [4.78, 5) is 12.0. The molecular formula is C23H34O3. The van der Waals surface area contributed by atoms with Crippen LogP contribution in [0.5, 0.6) is 5.75 Å². The van der Waals surface area contributed by atoms with Crippen LogP contribution in [0.3, 0.4) is 0 Å². The first kappa shape index (κ1) is 19.4. The molecule has 2 aliphatic rings. The number of hydrogen-bond acceptors (Lipinski definition) is 3. The summed E-state index contributed by atoms with van der Waals surface area (Å²) in [6, 6.07) is 8.17. The molecule has 0 amide bonds. The Balaban J connectivity index is 1.43. The maximum Gasteiger partial charge on any atom is 0.343 e. The zero-order valence-electron chi connectivity index (χ0n) is 16.4. The van der Waals surface area contributed by atoms with Gasteiger partial charge in [-0.3, -0.25) is 0 Å². The van der Waals surface area contributed by atoms with E-state index in [1.165, 1.54) is 56.9 Å². The molecule has 144 valence electrons. The molecule has 0 aromatic heterocycles. The number of unbranched alkanes of at least 4 members (excludes halogenated alkanes) is 2. The van der Waals surface area contributed by atoms with Gasteiger partial charge in [0.15, 0.2) is 6.10 Å². The fourth-order valence-electron chi connectivity index (χ4n) is 4.30. The third-order valence-electron chi connectivity index (χ3n) is 6.02. The summed E-state index contributed by atoms with van der Waals surface area (Å²) in [6.45, 7) is 4.38. The van der Waals surface area contributed by atoms with Crippen molar-refractivity contribution < 1.29 is 14.3 Å². The van der Waals surface area contributed by atoms with Crippen molar-refractivity contribution in [3.63, 3.8) is 0 Å². The second-order valence-corrected chi connectivity index (χ2v) is 8.09. The largest absolute Gasteiger partial charge is 0.425 e. The van der Waals surface area contributed by atoms with Crippen LogP contribution in [-0.2, 0) is 9.53 Å². The molecule has 1 aromatic carbocycles. The molecule has 3 nitrogen and oxygen atoms in total. The van der Waals surface area contributed by atoms with Gasteiger partial charge in [0.1, 0.15) is 5.75 Å². The lowest BCUT2D eigenvalue weighted by atomic mass is 9.77. The van der Waals surface area contributed by atoms with Crippen LogP contribution < -0.4 is 4.74 Å². The molecule has 1 saturated carbocycles. The highest BCUT2D eigenvalue weighted by molar-refractivity contribution is 5.80. The topological polar surface area (TPSA) is 38.8 Å². The standard InChI is InChI=1S/C23H34O3/c1-3-5-6-8-17-9-11-18(12-10-17)19-13-15-20(16-14-19)25-23(24)22-21(26-22)7-4-2/h13-18,21-22H,3-12H2,1-2H3/t17?,18?,21-,22-/m1/s1. The molecule has 2 atom stereocenters. The lowest BCUT2D eigenvalue weighted by Gasteiger charge is -2.29. The van der Waals surface area contributed by atoms with Crippen molar-refractivity contribution >= 4 is 5.97 Å². The first-order valence-corrected chi connectivity index (χ1v) is 10.7. The molecule has 2 fully saturated rings. The molecule has 0 radical (unpaired) electrons. The number of hydrogen-bond donors (Lipinski definition) is 0. The Morgan fingerprint density at radius 2 is 1.73 bits per heavy atom. The van der Waals surface area contributed by atoms with E-state index in [2.05, 4.69) is 26.0 Å². The average molecular weight is 359 g/mol. The van der Waals surface area contributed by atoms with Crippen LogP contribution in [0, 0.1) is 5.92 Å². The van der Waals surface area contributed by atoms with E-state index in [0.29, 0.717) is 11.7 Å². The number of carbonyl (C=O) groups excluding carboxylic acids is 1. The number of carbonyl (C=O) groups is 1. The number of rotatable bonds is 9. The summed E-state index contributed by atoms with van der Waals surface area (Å²) in [5.74, 6) is 2.00. The van der Waals surface area contributed by atoms with Crippen LogP contribution in [0.1, 0.15) is 89.5 Å². The van der Waals surface area contributed by atoms with Crippen molar-refractivity contribution in [1.29, 1.82) is 0 Å². The van der Waals surface area contributed by atoms with Gasteiger partial charge in [-0.25, -0.2) is 4.79 Å². The van der Waals surface area contributed by atoms with Crippen molar-refractivity contribution in [2.75, 3.05) is 0 Å². The van der Waals surface area contributed by atoms with E-state index >= 15 is 0 Å². The molecule has 0 bridgehead atoms. The molecular weight excluding hydrogens is 324 g/mol. The van der Waals surface area contributed by atoms with Crippen LogP contribution in [-0.4, -0.2) is 18.2 Å². The Morgan fingerprint density at radius 1 is 1.00 bits per heavy atom. The van der Waals surface area contributed by atoms with Crippen molar-refractivity contribution in [3.8, 4) is 5.75 Å². The lowest BCUT2D eigenvalue weighted by Crippen LogP contribution is -2.17. The third kappa shape index (κ3) is 5.33. The first-order valence-electron chi connectivity index (χ1n) is 10.7. The third-order valence-corrected chi connectivity index (χ3v) is 6.02. The first-order chi connectivity index (χ1) is 12.7. The zero-order valence-corrected chi connectivity index (χ0v) is 16.4. The Kier molecular flexibility index (Phi) is 7.13. The van der Waals surface area contributed by atoms with Gasteiger partial charge in [0.25, 0.3) is 0 Å². The predicted molar refractivity (Wildman–Crippen MR) is 104 cm³/mol. The fraction of sp³-hybridized carbons (Fsp3) is 0.696. The molecule has 0 unspecified atom stereocenters. The van der Waals surface area contributed by atoms with E-state index < -0.39 is 0 Å². The van der Waals surface area contributed by atoms with Gasteiger partial charge in [-0.15, -0.1) is 0 Å². The Bertz CT molecular complexity index is 557. The van der Waals surface area contributed by atoms with Crippen LogP contribution >= 0.6 is 0 Å². The van der Waals surface area contributed by atoms with E-state index in [1.807, 2.05) is 12.1 Å². The summed E-state index contributed by atoms with van der Waals surface area (Å²) in [5, 5.41) is 0. The Morgan fingerprint density at radius 3 is 2.38 bits per heavy atom. The SMILES string of the molecule is CCCCCC1CCC(c2ccc(OC(=O)[C@@H]3O[C@@H]3CCC)cc2)CC1. The summed E-state index contributed by atoms with van der Waals surface area (Å²) in [7, 11) is 0. The van der Waals surface area contributed by atoms with Crippen molar-refractivity contribution in [2.24, 2.45) is 5.92 Å². The molecule has 1 aliphatic carbocycles. The summed E-state index contributed by atoms with van der Waals surface area (Å²) in [6.07, 6.45) is 12.5. The van der Waals surface area contributed by atoms with Gasteiger partial charge < -0.3 is 9.47 Å². The van der Waals surface area contributed by atoms with Gasteiger partial charge in [-0.2, -0.15) is 0 Å². The maximum absolute atomic E-state index is 12.0. The number of ether oxygens (including phenoxy) is 2. The minimum absolute atomic E-state index is 0.0688. The minimum atomic E-state index is -0.349. The predicted octanol–water partition coefficient (Wildman–Crippen LogP) is 6.01. The van der Waals surface area contributed by atoms with E-state index in [9.17, 15) is 4.79 Å². The second kappa shape index (κ2) is 9.55. The van der Waals surface area contributed by atoms with Crippen molar-refractivity contribution in [2.45, 2.75) is 96.2 Å². The molecule has 0 N–H and O–H groups in total. The molecule has 3 rings (SSSR count). The molecule has 1 aliphatic heterocycles. The highest BCUT2D eigenvalue weighted by atomic mass is 16.6. The number of esters is 1. The van der Waals surface area contributed by atoms with Gasteiger partial charge in [-0.1, -0.05) is 58.1 Å². The average Bonchev–Trinajstić information content (AvgIpc) is 3.43.